The van der Waals surface area contributed by atoms with Crippen molar-refractivity contribution in [2.75, 3.05) is 0 Å². The average Bonchev–Trinajstić information content (AvgIpc) is 2.79. The Kier molecular flexibility index (Phi) is 3.11. The van der Waals surface area contributed by atoms with Crippen molar-refractivity contribution in [3.05, 3.63) is 58.6 Å². The van der Waals surface area contributed by atoms with Gasteiger partial charge in [0.05, 0.1) is 11.0 Å². The van der Waals surface area contributed by atoms with E-state index >= 15 is 0 Å². The molecular weight excluding hydrogens is 290 g/mol. The fourth-order valence-corrected chi connectivity index (χ4v) is 2.33. The summed E-state index contributed by atoms with van der Waals surface area (Å²) in [5, 5.41) is 0. The minimum atomic E-state index is 0.913. The van der Waals surface area contributed by atoms with Gasteiger partial charge in [0, 0.05) is 23.3 Å². The molecule has 0 aliphatic carbocycles. The van der Waals surface area contributed by atoms with Crippen LogP contribution in [0.2, 0.25) is 0 Å². The average molecular weight is 302 g/mol. The third-order valence-corrected chi connectivity index (χ3v) is 3.39. The molecular formula is C14H12BrN3. The van der Waals surface area contributed by atoms with Gasteiger partial charge in [-0.3, -0.25) is 4.98 Å². The molecule has 90 valence electrons. The number of halogens is 1. The molecule has 3 aromatic rings. The van der Waals surface area contributed by atoms with Gasteiger partial charge in [0.2, 0.25) is 0 Å². The van der Waals surface area contributed by atoms with E-state index in [9.17, 15) is 0 Å². The maximum Gasteiger partial charge on any atom is 0.107 e. The van der Waals surface area contributed by atoms with Gasteiger partial charge in [-0.2, -0.15) is 0 Å². The van der Waals surface area contributed by atoms with Gasteiger partial charge in [-0.25, -0.2) is 4.98 Å². The third-order valence-electron chi connectivity index (χ3n) is 2.89. The molecule has 0 aliphatic heterocycles. The van der Waals surface area contributed by atoms with Gasteiger partial charge >= 0.3 is 0 Å². The number of aryl methyl sites for hydroxylation is 2. The predicted octanol–water partition coefficient (Wildman–Crippen LogP) is 3.51. The molecule has 3 rings (SSSR count). The quantitative estimate of drug-likeness (QED) is 0.804. The molecule has 0 fully saturated rings. The van der Waals surface area contributed by atoms with Crippen molar-refractivity contribution in [2.24, 2.45) is 0 Å². The minimum Gasteiger partial charge on any atom is -0.342 e. The van der Waals surface area contributed by atoms with E-state index in [-0.39, 0.29) is 0 Å². The van der Waals surface area contributed by atoms with E-state index in [4.69, 9.17) is 0 Å². The lowest BCUT2D eigenvalue weighted by molar-refractivity contribution is 0.888. The summed E-state index contributed by atoms with van der Waals surface area (Å²) in [6.45, 7) is 0. The van der Waals surface area contributed by atoms with E-state index in [2.05, 4.69) is 36.9 Å². The number of hydrogen-bond donors (Lipinski definition) is 1. The number of imidazole rings is 1. The number of H-pyrrole nitrogens is 1. The standard InChI is InChI=1S/C14H12BrN3/c15-11-2-3-12-13(9-11)18-14(17-12)4-1-10-5-7-16-8-6-10/h2-3,5-9H,1,4H2,(H,17,18). The molecule has 18 heavy (non-hydrogen) atoms. The third kappa shape index (κ3) is 2.43. The zero-order valence-electron chi connectivity index (χ0n) is 9.73. The molecule has 3 nitrogen and oxygen atoms in total. The lowest BCUT2D eigenvalue weighted by Crippen LogP contribution is -1.93. The van der Waals surface area contributed by atoms with Crippen LogP contribution in [0.3, 0.4) is 0 Å². The number of fused-ring (bicyclic) bond motifs is 1. The first-order valence-corrected chi connectivity index (χ1v) is 6.63. The number of nitrogens with one attached hydrogen (secondary N) is 1. The molecule has 0 radical (unpaired) electrons. The van der Waals surface area contributed by atoms with Crippen LogP contribution in [0, 0.1) is 0 Å². The molecule has 2 heterocycles. The lowest BCUT2D eigenvalue weighted by atomic mass is 10.1. The summed E-state index contributed by atoms with van der Waals surface area (Å²) in [5.74, 6) is 1.03. The monoisotopic (exact) mass is 301 g/mol. The predicted molar refractivity (Wildman–Crippen MR) is 75.4 cm³/mol. The Hall–Kier alpha value is -1.68. The van der Waals surface area contributed by atoms with Crippen molar-refractivity contribution in [2.45, 2.75) is 12.8 Å². The summed E-state index contributed by atoms with van der Waals surface area (Å²) in [6.07, 6.45) is 5.54. The van der Waals surface area contributed by atoms with Gasteiger partial charge in [-0.05, 0) is 42.3 Å². The van der Waals surface area contributed by atoms with E-state index in [1.807, 2.05) is 36.7 Å². The summed E-state index contributed by atoms with van der Waals surface area (Å²) in [6, 6.07) is 10.2. The van der Waals surface area contributed by atoms with Crippen LogP contribution in [0.15, 0.2) is 47.2 Å². The Morgan fingerprint density at radius 2 is 1.89 bits per heavy atom. The van der Waals surface area contributed by atoms with Crippen molar-refractivity contribution in [1.29, 1.82) is 0 Å². The van der Waals surface area contributed by atoms with Crippen LogP contribution < -0.4 is 0 Å². The van der Waals surface area contributed by atoms with E-state index in [0.29, 0.717) is 0 Å². The Morgan fingerprint density at radius 1 is 1.06 bits per heavy atom. The molecule has 0 aliphatic rings. The molecule has 2 aromatic heterocycles. The second-order valence-electron chi connectivity index (χ2n) is 4.20. The highest BCUT2D eigenvalue weighted by molar-refractivity contribution is 9.10. The second kappa shape index (κ2) is 4.90. The van der Waals surface area contributed by atoms with Crippen LogP contribution in [-0.2, 0) is 12.8 Å². The van der Waals surface area contributed by atoms with Crippen LogP contribution in [-0.4, -0.2) is 15.0 Å². The van der Waals surface area contributed by atoms with Crippen molar-refractivity contribution in [1.82, 2.24) is 15.0 Å². The summed E-state index contributed by atoms with van der Waals surface area (Å²) in [5.41, 5.74) is 3.38. The van der Waals surface area contributed by atoms with Crippen molar-refractivity contribution < 1.29 is 0 Å². The van der Waals surface area contributed by atoms with Crippen LogP contribution in [0.25, 0.3) is 11.0 Å². The Bertz CT molecular complexity index is 661. The Morgan fingerprint density at radius 3 is 2.72 bits per heavy atom. The van der Waals surface area contributed by atoms with Gasteiger partial charge in [-0.1, -0.05) is 15.9 Å². The van der Waals surface area contributed by atoms with Crippen LogP contribution >= 0.6 is 15.9 Å². The molecule has 1 N–H and O–H groups in total. The number of aromatic nitrogens is 3. The maximum atomic E-state index is 4.58. The molecule has 4 heteroatoms. The summed E-state index contributed by atoms with van der Waals surface area (Å²) < 4.78 is 1.07. The maximum absolute atomic E-state index is 4.58. The fourth-order valence-electron chi connectivity index (χ4n) is 1.97. The first-order chi connectivity index (χ1) is 8.81. The first-order valence-electron chi connectivity index (χ1n) is 5.84. The highest BCUT2D eigenvalue weighted by atomic mass is 79.9. The SMILES string of the molecule is Brc1ccc2nc(CCc3ccncc3)[nH]c2c1. The molecule has 0 saturated heterocycles. The first kappa shape index (κ1) is 11.4. The summed E-state index contributed by atoms with van der Waals surface area (Å²) >= 11 is 3.46. The number of rotatable bonds is 3. The zero-order chi connectivity index (χ0) is 12.4. The van der Waals surface area contributed by atoms with E-state index in [1.54, 1.807) is 0 Å². The molecule has 0 unspecified atom stereocenters. The zero-order valence-corrected chi connectivity index (χ0v) is 11.3. The van der Waals surface area contributed by atoms with Crippen LogP contribution in [0.4, 0.5) is 0 Å². The molecule has 0 bridgehead atoms. The number of pyridine rings is 1. The number of hydrogen-bond acceptors (Lipinski definition) is 2. The van der Waals surface area contributed by atoms with Gasteiger partial charge < -0.3 is 4.98 Å². The molecule has 0 spiro atoms. The normalized spacial score (nSPS) is 10.9. The van der Waals surface area contributed by atoms with E-state index in [0.717, 1.165) is 34.2 Å². The van der Waals surface area contributed by atoms with Crippen molar-refractivity contribution in [3.63, 3.8) is 0 Å². The topological polar surface area (TPSA) is 41.6 Å². The highest BCUT2D eigenvalue weighted by Crippen LogP contribution is 2.18. The number of nitrogens with zero attached hydrogens (tertiary/aromatic N) is 2. The Labute approximate surface area is 113 Å². The smallest absolute Gasteiger partial charge is 0.107 e. The molecule has 0 amide bonds. The fraction of sp³-hybridized carbons (Fsp3) is 0.143. The molecule has 0 saturated carbocycles. The Balaban J connectivity index is 1.79. The summed E-state index contributed by atoms with van der Waals surface area (Å²) in [4.78, 5) is 11.9. The van der Waals surface area contributed by atoms with E-state index < -0.39 is 0 Å². The van der Waals surface area contributed by atoms with E-state index in [1.165, 1.54) is 5.56 Å². The number of aromatic amines is 1. The summed E-state index contributed by atoms with van der Waals surface area (Å²) in [7, 11) is 0. The minimum absolute atomic E-state index is 0.913. The number of benzene rings is 1. The molecule has 0 atom stereocenters. The van der Waals surface area contributed by atoms with Crippen LogP contribution in [0.5, 0.6) is 0 Å². The van der Waals surface area contributed by atoms with Crippen LogP contribution in [0.1, 0.15) is 11.4 Å². The van der Waals surface area contributed by atoms with Crippen molar-refractivity contribution >= 4 is 27.0 Å². The highest BCUT2D eigenvalue weighted by Gasteiger charge is 2.03. The molecule has 1 aromatic carbocycles. The second-order valence-corrected chi connectivity index (χ2v) is 5.12. The van der Waals surface area contributed by atoms with Gasteiger partial charge in [0.15, 0.2) is 0 Å². The van der Waals surface area contributed by atoms with Crippen molar-refractivity contribution in [3.8, 4) is 0 Å². The lowest BCUT2D eigenvalue weighted by Gasteiger charge is -1.97. The van der Waals surface area contributed by atoms with Gasteiger partial charge in [0.25, 0.3) is 0 Å². The largest absolute Gasteiger partial charge is 0.342 e. The van der Waals surface area contributed by atoms with Gasteiger partial charge in [0.1, 0.15) is 5.82 Å². The van der Waals surface area contributed by atoms with Gasteiger partial charge in [-0.15, -0.1) is 0 Å².